The van der Waals surface area contributed by atoms with Crippen molar-refractivity contribution in [2.75, 3.05) is 6.54 Å². The monoisotopic (exact) mass is 346 g/mol. The molecule has 5 nitrogen and oxygen atoms in total. The van der Waals surface area contributed by atoms with Gasteiger partial charge in [0.25, 0.3) is 0 Å². The van der Waals surface area contributed by atoms with Crippen molar-refractivity contribution in [1.82, 2.24) is 10.2 Å². The maximum absolute atomic E-state index is 12.6. The summed E-state index contributed by atoms with van der Waals surface area (Å²) in [6.45, 7) is 5.05. The highest BCUT2D eigenvalue weighted by Gasteiger charge is 2.35. The number of nitrogens with one attached hydrogen (secondary N) is 1. The number of amides is 2. The van der Waals surface area contributed by atoms with Gasteiger partial charge in [0.05, 0.1) is 24.8 Å². The van der Waals surface area contributed by atoms with E-state index in [1.807, 2.05) is 23.6 Å². The average Bonchev–Trinajstić information content (AvgIpc) is 3.27. The van der Waals surface area contributed by atoms with Crippen LogP contribution in [0.2, 0.25) is 0 Å². The van der Waals surface area contributed by atoms with Crippen LogP contribution in [0.4, 0.5) is 0 Å². The van der Waals surface area contributed by atoms with Crippen molar-refractivity contribution in [2.24, 2.45) is 11.8 Å². The average molecular weight is 346 g/mol. The van der Waals surface area contributed by atoms with Crippen LogP contribution in [0, 0.1) is 11.8 Å². The second-order valence-electron chi connectivity index (χ2n) is 6.50. The summed E-state index contributed by atoms with van der Waals surface area (Å²) in [6, 6.07) is 7.66. The number of likely N-dealkylation sites (tertiary alicyclic amines) is 1. The zero-order valence-electron chi connectivity index (χ0n) is 13.9. The molecule has 1 aliphatic rings. The summed E-state index contributed by atoms with van der Waals surface area (Å²) in [4.78, 5) is 27.7. The third kappa shape index (κ3) is 3.70. The van der Waals surface area contributed by atoms with Gasteiger partial charge in [0.1, 0.15) is 5.76 Å². The van der Waals surface area contributed by atoms with Crippen molar-refractivity contribution in [1.29, 1.82) is 0 Å². The Morgan fingerprint density at radius 2 is 2.25 bits per heavy atom. The normalized spacial score (nSPS) is 19.0. The summed E-state index contributed by atoms with van der Waals surface area (Å²) in [5.74, 6) is 0.696. The fraction of sp³-hybridized carbons (Fsp3) is 0.444. The Labute approximate surface area is 145 Å². The molecule has 3 heterocycles. The molecule has 2 atom stereocenters. The summed E-state index contributed by atoms with van der Waals surface area (Å²) in [7, 11) is 0. The zero-order valence-corrected chi connectivity index (χ0v) is 14.7. The number of carbonyl (C=O) groups is 2. The van der Waals surface area contributed by atoms with E-state index in [1.54, 1.807) is 28.6 Å². The Balaban J connectivity index is 1.62. The number of hydrogen-bond acceptors (Lipinski definition) is 4. The van der Waals surface area contributed by atoms with Gasteiger partial charge in [0.15, 0.2) is 0 Å². The molecule has 1 N–H and O–H groups in total. The minimum Gasteiger partial charge on any atom is -0.467 e. The second-order valence-corrected chi connectivity index (χ2v) is 7.48. The van der Waals surface area contributed by atoms with Crippen LogP contribution >= 0.6 is 11.3 Å². The largest absolute Gasteiger partial charge is 0.467 e. The van der Waals surface area contributed by atoms with Crippen LogP contribution in [-0.4, -0.2) is 23.3 Å². The lowest BCUT2D eigenvalue weighted by Crippen LogP contribution is -2.37. The molecule has 128 valence electrons. The molecule has 0 aliphatic carbocycles. The molecule has 0 bridgehead atoms. The van der Waals surface area contributed by atoms with Crippen molar-refractivity contribution in [3.05, 3.63) is 46.5 Å². The van der Waals surface area contributed by atoms with Crippen LogP contribution in [0.5, 0.6) is 0 Å². The smallest absolute Gasteiger partial charge is 0.225 e. The first-order valence-corrected chi connectivity index (χ1v) is 9.06. The SMILES string of the molecule is CC(C)[C@@H](NC(=O)[C@H]1CC(=O)N(Cc2ccco2)C1)c1cccs1. The van der Waals surface area contributed by atoms with E-state index < -0.39 is 0 Å². The topological polar surface area (TPSA) is 62.6 Å². The zero-order chi connectivity index (χ0) is 17.1. The third-order valence-corrected chi connectivity index (χ3v) is 5.28. The van der Waals surface area contributed by atoms with Gasteiger partial charge in [0, 0.05) is 17.8 Å². The van der Waals surface area contributed by atoms with Crippen molar-refractivity contribution in [2.45, 2.75) is 32.9 Å². The fourth-order valence-corrected chi connectivity index (χ4v) is 3.95. The van der Waals surface area contributed by atoms with Crippen molar-refractivity contribution < 1.29 is 14.0 Å². The van der Waals surface area contributed by atoms with Gasteiger partial charge < -0.3 is 14.6 Å². The summed E-state index contributed by atoms with van der Waals surface area (Å²) in [5.41, 5.74) is 0. The number of thiophene rings is 1. The molecule has 3 rings (SSSR count). The Morgan fingerprint density at radius 1 is 1.42 bits per heavy atom. The highest BCUT2D eigenvalue weighted by molar-refractivity contribution is 7.10. The molecular formula is C18H22N2O3S. The number of nitrogens with zero attached hydrogens (tertiary/aromatic N) is 1. The lowest BCUT2D eigenvalue weighted by atomic mass is 10.0. The number of furan rings is 1. The number of hydrogen-bond donors (Lipinski definition) is 1. The third-order valence-electron chi connectivity index (χ3n) is 4.33. The van der Waals surface area contributed by atoms with Crippen LogP contribution in [-0.2, 0) is 16.1 Å². The first-order chi connectivity index (χ1) is 11.5. The van der Waals surface area contributed by atoms with Gasteiger partial charge in [-0.15, -0.1) is 11.3 Å². The summed E-state index contributed by atoms with van der Waals surface area (Å²) in [5, 5.41) is 5.14. The number of carbonyl (C=O) groups excluding carboxylic acids is 2. The van der Waals surface area contributed by atoms with Crippen LogP contribution in [0.15, 0.2) is 40.3 Å². The van der Waals surface area contributed by atoms with Crippen LogP contribution in [0.3, 0.4) is 0 Å². The van der Waals surface area contributed by atoms with Gasteiger partial charge >= 0.3 is 0 Å². The van der Waals surface area contributed by atoms with Crippen molar-refractivity contribution in [3.63, 3.8) is 0 Å². The molecular weight excluding hydrogens is 324 g/mol. The lowest BCUT2D eigenvalue weighted by molar-refractivity contribution is -0.129. The molecule has 2 aromatic heterocycles. The summed E-state index contributed by atoms with van der Waals surface area (Å²) in [6.07, 6.45) is 1.86. The van der Waals surface area contributed by atoms with Crippen molar-refractivity contribution >= 4 is 23.2 Å². The van der Waals surface area contributed by atoms with Gasteiger partial charge in [0.2, 0.25) is 11.8 Å². The Kier molecular flexibility index (Phi) is 5.04. The molecule has 0 unspecified atom stereocenters. The minimum atomic E-state index is -0.298. The molecule has 6 heteroatoms. The highest BCUT2D eigenvalue weighted by atomic mass is 32.1. The van der Waals surface area contributed by atoms with E-state index in [0.29, 0.717) is 19.0 Å². The molecule has 1 fully saturated rings. The van der Waals surface area contributed by atoms with E-state index in [-0.39, 0.29) is 30.2 Å². The first kappa shape index (κ1) is 16.8. The Bertz CT molecular complexity index is 679. The second kappa shape index (κ2) is 7.21. The molecule has 0 aromatic carbocycles. The van der Waals surface area contributed by atoms with E-state index in [2.05, 4.69) is 19.2 Å². The molecule has 24 heavy (non-hydrogen) atoms. The predicted molar refractivity (Wildman–Crippen MR) is 92.3 cm³/mol. The van der Waals surface area contributed by atoms with Gasteiger partial charge in [-0.05, 0) is 29.5 Å². The van der Waals surface area contributed by atoms with Gasteiger partial charge in [-0.1, -0.05) is 19.9 Å². The van der Waals surface area contributed by atoms with Crippen molar-refractivity contribution in [3.8, 4) is 0 Å². The van der Waals surface area contributed by atoms with E-state index in [1.165, 1.54) is 0 Å². The maximum Gasteiger partial charge on any atom is 0.225 e. The minimum absolute atomic E-state index is 0.00349. The van der Waals surface area contributed by atoms with E-state index in [4.69, 9.17) is 4.42 Å². The molecule has 0 radical (unpaired) electrons. The van der Waals surface area contributed by atoms with E-state index in [9.17, 15) is 9.59 Å². The molecule has 2 aromatic rings. The summed E-state index contributed by atoms with van der Waals surface area (Å²) < 4.78 is 5.29. The predicted octanol–water partition coefficient (Wildman–Crippen LogP) is 3.20. The molecule has 2 amide bonds. The molecule has 1 saturated heterocycles. The molecule has 1 aliphatic heterocycles. The Hall–Kier alpha value is -2.08. The fourth-order valence-electron chi connectivity index (χ4n) is 3.00. The Morgan fingerprint density at radius 3 is 2.88 bits per heavy atom. The lowest BCUT2D eigenvalue weighted by Gasteiger charge is -2.23. The van der Waals surface area contributed by atoms with E-state index >= 15 is 0 Å². The standard InChI is InChI=1S/C18H22N2O3S/c1-12(2)17(15-6-4-8-24-15)19-18(22)13-9-16(21)20(10-13)11-14-5-3-7-23-14/h3-8,12-13,17H,9-11H2,1-2H3,(H,19,22)/t13-,17+/m0/s1. The summed E-state index contributed by atoms with van der Waals surface area (Å²) >= 11 is 1.64. The first-order valence-electron chi connectivity index (χ1n) is 8.18. The highest BCUT2D eigenvalue weighted by Crippen LogP contribution is 2.27. The van der Waals surface area contributed by atoms with Gasteiger partial charge in [-0.3, -0.25) is 9.59 Å². The molecule has 0 saturated carbocycles. The van der Waals surface area contributed by atoms with Gasteiger partial charge in [-0.2, -0.15) is 0 Å². The quantitative estimate of drug-likeness (QED) is 0.874. The van der Waals surface area contributed by atoms with Gasteiger partial charge in [-0.25, -0.2) is 0 Å². The van der Waals surface area contributed by atoms with Crippen LogP contribution in [0.25, 0.3) is 0 Å². The van der Waals surface area contributed by atoms with Crippen LogP contribution < -0.4 is 5.32 Å². The van der Waals surface area contributed by atoms with E-state index in [0.717, 1.165) is 10.6 Å². The van der Waals surface area contributed by atoms with Crippen LogP contribution in [0.1, 0.15) is 36.9 Å². The maximum atomic E-state index is 12.6. The number of rotatable bonds is 6. The molecule has 0 spiro atoms.